The van der Waals surface area contributed by atoms with Crippen LogP contribution in [0, 0.1) is 0 Å². The molecule has 1 heterocycles. The first-order chi connectivity index (χ1) is 7.04. The molecule has 0 aromatic carbocycles. The van der Waals surface area contributed by atoms with Gasteiger partial charge in [0.2, 0.25) is 0 Å². The van der Waals surface area contributed by atoms with Gasteiger partial charge in [0.05, 0.1) is 11.4 Å². The lowest BCUT2D eigenvalue weighted by Crippen LogP contribution is -2.36. The van der Waals surface area contributed by atoms with Crippen molar-refractivity contribution in [1.29, 1.82) is 0 Å². The summed E-state index contributed by atoms with van der Waals surface area (Å²) in [5.41, 5.74) is 0. The van der Waals surface area contributed by atoms with Crippen molar-refractivity contribution in [3.05, 3.63) is 21.3 Å². The van der Waals surface area contributed by atoms with Crippen LogP contribution < -0.4 is 5.32 Å². The summed E-state index contributed by atoms with van der Waals surface area (Å²) in [5, 5.41) is 3.14. The second kappa shape index (κ2) is 5.49. The summed E-state index contributed by atoms with van der Waals surface area (Å²) in [5.74, 6) is -0.260. The fourth-order valence-electron chi connectivity index (χ4n) is 1.26. The number of halogens is 1. The highest BCUT2D eigenvalue weighted by Crippen LogP contribution is 2.26. The maximum atomic E-state index is 11.2. The van der Waals surface area contributed by atoms with Crippen molar-refractivity contribution in [3.63, 3.8) is 0 Å². The van der Waals surface area contributed by atoms with Gasteiger partial charge in [0.25, 0.3) is 0 Å². The van der Waals surface area contributed by atoms with E-state index in [2.05, 4.69) is 10.1 Å². The molecule has 0 bridgehead atoms. The molecule has 0 spiro atoms. The molecule has 1 unspecified atom stereocenters. The van der Waals surface area contributed by atoms with Gasteiger partial charge in [-0.1, -0.05) is 11.6 Å². The Balaban J connectivity index is 2.55. The molecule has 1 rings (SSSR count). The third kappa shape index (κ3) is 3.48. The van der Waals surface area contributed by atoms with E-state index >= 15 is 0 Å². The topological polar surface area (TPSA) is 38.3 Å². The number of carbonyl (C=O) groups is 1. The molecule has 15 heavy (non-hydrogen) atoms. The maximum absolute atomic E-state index is 11.2. The van der Waals surface area contributed by atoms with Crippen LogP contribution in [0.1, 0.15) is 24.8 Å². The van der Waals surface area contributed by atoms with E-state index in [9.17, 15) is 4.79 Å². The van der Waals surface area contributed by atoms with Crippen LogP contribution in [0.25, 0.3) is 0 Å². The number of ether oxygens (including phenoxy) is 1. The van der Waals surface area contributed by atoms with Gasteiger partial charge in [-0.2, -0.15) is 0 Å². The summed E-state index contributed by atoms with van der Waals surface area (Å²) in [6, 6.07) is 3.58. The molecular weight excluding hydrogens is 234 g/mol. The van der Waals surface area contributed by atoms with Gasteiger partial charge in [-0.25, -0.2) is 0 Å². The number of rotatable bonds is 4. The molecule has 2 atom stereocenters. The summed E-state index contributed by atoms with van der Waals surface area (Å²) in [7, 11) is 1.38. The quantitative estimate of drug-likeness (QED) is 0.832. The lowest BCUT2D eigenvalue weighted by Gasteiger charge is -2.16. The second-order valence-electron chi connectivity index (χ2n) is 3.28. The lowest BCUT2D eigenvalue weighted by molar-refractivity contribution is -0.142. The number of hydrogen-bond donors (Lipinski definition) is 1. The zero-order valence-corrected chi connectivity index (χ0v) is 10.5. The molecule has 0 aliphatic heterocycles. The zero-order valence-electron chi connectivity index (χ0n) is 8.91. The molecule has 84 valence electrons. The Bertz CT molecular complexity index is 340. The molecule has 0 fully saturated rings. The second-order valence-corrected chi connectivity index (χ2v) is 5.02. The number of methoxy groups -OCH3 is 1. The summed E-state index contributed by atoms with van der Waals surface area (Å²) in [6.07, 6.45) is 0. The minimum atomic E-state index is -0.314. The first kappa shape index (κ1) is 12.5. The first-order valence-corrected chi connectivity index (χ1v) is 5.83. The third-order valence-electron chi connectivity index (χ3n) is 2.08. The van der Waals surface area contributed by atoms with E-state index in [0.717, 1.165) is 9.21 Å². The van der Waals surface area contributed by atoms with E-state index in [4.69, 9.17) is 11.6 Å². The Kier molecular flexibility index (Phi) is 4.57. The minimum absolute atomic E-state index is 0.0941. The number of esters is 1. The number of hydrogen-bond acceptors (Lipinski definition) is 4. The predicted molar refractivity (Wildman–Crippen MR) is 62.4 cm³/mol. The largest absolute Gasteiger partial charge is 0.468 e. The van der Waals surface area contributed by atoms with Crippen molar-refractivity contribution >= 4 is 28.9 Å². The van der Waals surface area contributed by atoms with Crippen LogP contribution in [0.3, 0.4) is 0 Å². The van der Waals surface area contributed by atoms with E-state index < -0.39 is 0 Å². The van der Waals surface area contributed by atoms with Crippen molar-refractivity contribution in [3.8, 4) is 0 Å². The smallest absolute Gasteiger partial charge is 0.322 e. The van der Waals surface area contributed by atoms with Crippen molar-refractivity contribution in [1.82, 2.24) is 5.32 Å². The monoisotopic (exact) mass is 247 g/mol. The van der Waals surface area contributed by atoms with Crippen molar-refractivity contribution in [2.45, 2.75) is 25.9 Å². The molecule has 0 saturated heterocycles. The molecule has 1 aromatic heterocycles. The maximum Gasteiger partial charge on any atom is 0.322 e. The standard InChI is InChI=1S/C10H14ClNO2S/c1-6(8-4-5-9(11)15-8)12-7(2)10(13)14-3/h4-7,12H,1-3H3/t6?,7-/m0/s1. The van der Waals surface area contributed by atoms with Gasteiger partial charge in [0.15, 0.2) is 0 Å². The van der Waals surface area contributed by atoms with Gasteiger partial charge in [-0.15, -0.1) is 11.3 Å². The van der Waals surface area contributed by atoms with Crippen LogP contribution >= 0.6 is 22.9 Å². The molecule has 1 N–H and O–H groups in total. The van der Waals surface area contributed by atoms with Crippen molar-refractivity contribution in [2.75, 3.05) is 7.11 Å². The van der Waals surface area contributed by atoms with Crippen LogP contribution in [0.4, 0.5) is 0 Å². The molecule has 0 saturated carbocycles. The van der Waals surface area contributed by atoms with Crippen LogP contribution in [-0.2, 0) is 9.53 Å². The van der Waals surface area contributed by atoms with E-state index in [-0.39, 0.29) is 18.1 Å². The molecule has 5 heteroatoms. The fraction of sp³-hybridized carbons (Fsp3) is 0.500. The van der Waals surface area contributed by atoms with Crippen LogP contribution in [-0.4, -0.2) is 19.1 Å². The van der Waals surface area contributed by atoms with Crippen LogP contribution in [0.5, 0.6) is 0 Å². The Hall–Kier alpha value is -0.580. The Morgan fingerprint density at radius 2 is 2.20 bits per heavy atom. The van der Waals surface area contributed by atoms with Gasteiger partial charge in [0, 0.05) is 10.9 Å². The zero-order chi connectivity index (χ0) is 11.4. The minimum Gasteiger partial charge on any atom is -0.468 e. The predicted octanol–water partition coefficient (Wildman–Crippen LogP) is 2.61. The van der Waals surface area contributed by atoms with Gasteiger partial charge < -0.3 is 4.74 Å². The highest BCUT2D eigenvalue weighted by molar-refractivity contribution is 7.16. The van der Waals surface area contributed by atoms with E-state index in [1.165, 1.54) is 18.4 Å². The molecule has 0 aliphatic rings. The van der Waals surface area contributed by atoms with Crippen molar-refractivity contribution < 1.29 is 9.53 Å². The fourth-order valence-corrected chi connectivity index (χ4v) is 2.34. The summed E-state index contributed by atoms with van der Waals surface area (Å²) >= 11 is 7.34. The molecule has 0 radical (unpaired) electrons. The lowest BCUT2D eigenvalue weighted by atomic mass is 10.2. The molecule has 3 nitrogen and oxygen atoms in total. The molecule has 0 amide bonds. The summed E-state index contributed by atoms with van der Waals surface area (Å²) in [6.45, 7) is 3.76. The van der Waals surface area contributed by atoms with Gasteiger partial charge >= 0.3 is 5.97 Å². The SMILES string of the molecule is COC(=O)[C@H](C)NC(C)c1ccc(Cl)s1. The van der Waals surface area contributed by atoms with Crippen molar-refractivity contribution in [2.24, 2.45) is 0 Å². The Morgan fingerprint density at radius 3 is 2.67 bits per heavy atom. The highest BCUT2D eigenvalue weighted by atomic mass is 35.5. The van der Waals surface area contributed by atoms with Crippen LogP contribution in [0.2, 0.25) is 4.34 Å². The number of carbonyl (C=O) groups excluding carboxylic acids is 1. The molecular formula is C10H14ClNO2S. The third-order valence-corrected chi connectivity index (χ3v) is 3.49. The van der Waals surface area contributed by atoms with E-state index in [0.29, 0.717) is 0 Å². The number of nitrogens with one attached hydrogen (secondary N) is 1. The normalized spacial score (nSPS) is 14.7. The van der Waals surface area contributed by atoms with Crippen LogP contribution in [0.15, 0.2) is 12.1 Å². The average molecular weight is 248 g/mol. The van der Waals surface area contributed by atoms with Gasteiger partial charge in [-0.05, 0) is 26.0 Å². The average Bonchev–Trinajstić information content (AvgIpc) is 2.63. The summed E-state index contributed by atoms with van der Waals surface area (Å²) in [4.78, 5) is 12.3. The molecule has 0 aliphatic carbocycles. The van der Waals surface area contributed by atoms with Gasteiger partial charge in [0.1, 0.15) is 6.04 Å². The first-order valence-electron chi connectivity index (χ1n) is 4.63. The Morgan fingerprint density at radius 1 is 1.53 bits per heavy atom. The van der Waals surface area contributed by atoms with E-state index in [1.807, 2.05) is 19.1 Å². The highest BCUT2D eigenvalue weighted by Gasteiger charge is 2.17. The van der Waals surface area contributed by atoms with E-state index in [1.54, 1.807) is 6.92 Å². The molecule has 1 aromatic rings. The number of thiophene rings is 1. The summed E-state index contributed by atoms with van der Waals surface area (Å²) < 4.78 is 5.38. The Labute approximate surface area is 98.4 Å². The van der Waals surface area contributed by atoms with Gasteiger partial charge in [-0.3, -0.25) is 10.1 Å².